The number of hydrogen-bond acceptors (Lipinski definition) is 7. The number of carbonyl (C=O) groups excluding carboxylic acids is 1. The number of aliphatic imine (C=N–C) groups is 1. The van der Waals surface area contributed by atoms with Crippen molar-refractivity contribution in [3.63, 3.8) is 0 Å². The van der Waals surface area contributed by atoms with E-state index in [-0.39, 0.29) is 28.7 Å². The van der Waals surface area contributed by atoms with E-state index in [4.69, 9.17) is 11.6 Å². The summed E-state index contributed by atoms with van der Waals surface area (Å²) >= 11 is 7.83. The highest BCUT2D eigenvalue weighted by Crippen LogP contribution is 2.36. The molecule has 7 nitrogen and oxygen atoms in total. The Hall–Kier alpha value is -1.29. The van der Waals surface area contributed by atoms with Gasteiger partial charge in [0.1, 0.15) is 0 Å². The molecule has 0 bridgehead atoms. The van der Waals surface area contributed by atoms with Crippen molar-refractivity contribution in [3.05, 3.63) is 28.8 Å². The molecule has 174 valence electrons. The smallest absolute Gasteiger partial charge is 0.254 e. The molecule has 4 aliphatic rings. The van der Waals surface area contributed by atoms with Crippen LogP contribution in [0, 0.1) is 0 Å². The predicted octanol–water partition coefficient (Wildman–Crippen LogP) is 3.11. The van der Waals surface area contributed by atoms with Gasteiger partial charge in [-0.05, 0) is 31.0 Å². The summed E-state index contributed by atoms with van der Waals surface area (Å²) in [6.45, 7) is 3.38. The zero-order chi connectivity index (χ0) is 22.3. The van der Waals surface area contributed by atoms with Crippen LogP contribution < -0.4 is 5.32 Å². The summed E-state index contributed by atoms with van der Waals surface area (Å²) in [4.78, 5) is 22.2. The SMILES string of the molecule is O=C(c1ccc(Cl)c(NC2=N[C@H]3CS(=O)(=O)C[C@@H]3S2)c1)N1CCN(C2CCCCC2)CC1. The number of halogens is 1. The molecule has 1 aromatic carbocycles. The summed E-state index contributed by atoms with van der Waals surface area (Å²) < 4.78 is 23.5. The molecule has 3 heterocycles. The Labute approximate surface area is 198 Å². The van der Waals surface area contributed by atoms with Crippen LogP contribution in [0.5, 0.6) is 0 Å². The van der Waals surface area contributed by atoms with Gasteiger partial charge in [0.05, 0.1) is 28.3 Å². The van der Waals surface area contributed by atoms with Gasteiger partial charge >= 0.3 is 0 Å². The molecule has 32 heavy (non-hydrogen) atoms. The molecule has 1 N–H and O–H groups in total. The molecule has 3 fully saturated rings. The van der Waals surface area contributed by atoms with E-state index in [0.29, 0.717) is 27.5 Å². The second-order valence-corrected chi connectivity index (χ2v) is 13.0. The third-order valence-corrected chi connectivity index (χ3v) is 10.4. The number of benzene rings is 1. The van der Waals surface area contributed by atoms with Crippen molar-refractivity contribution in [3.8, 4) is 0 Å². The van der Waals surface area contributed by atoms with Gasteiger partial charge < -0.3 is 10.2 Å². The van der Waals surface area contributed by atoms with Crippen LogP contribution in [0.15, 0.2) is 23.2 Å². The first-order chi connectivity index (χ1) is 15.4. The van der Waals surface area contributed by atoms with Gasteiger partial charge in [0.25, 0.3) is 5.91 Å². The summed E-state index contributed by atoms with van der Waals surface area (Å²) in [5, 5.41) is 4.36. The predicted molar refractivity (Wildman–Crippen MR) is 131 cm³/mol. The van der Waals surface area contributed by atoms with Gasteiger partial charge in [0, 0.05) is 43.0 Å². The fourth-order valence-corrected chi connectivity index (χ4v) is 9.04. The number of nitrogens with one attached hydrogen (secondary N) is 1. The molecule has 2 atom stereocenters. The Morgan fingerprint density at radius 3 is 2.56 bits per heavy atom. The molecule has 1 aromatic rings. The molecule has 1 amide bonds. The first-order valence-corrected chi connectivity index (χ1v) is 14.5. The minimum atomic E-state index is -2.99. The Morgan fingerprint density at radius 1 is 1.09 bits per heavy atom. The fraction of sp³-hybridized carbons (Fsp3) is 0.636. The molecule has 0 spiro atoms. The number of piperazine rings is 1. The van der Waals surface area contributed by atoms with E-state index in [1.54, 1.807) is 18.2 Å². The Bertz CT molecular complexity index is 1020. The number of carbonyl (C=O) groups is 1. The maximum absolute atomic E-state index is 13.1. The van der Waals surface area contributed by atoms with Crippen LogP contribution in [0.4, 0.5) is 5.69 Å². The summed E-state index contributed by atoms with van der Waals surface area (Å²) in [5.41, 5.74) is 1.24. The van der Waals surface area contributed by atoms with Crippen molar-refractivity contribution < 1.29 is 13.2 Å². The van der Waals surface area contributed by atoms with Crippen LogP contribution in [0.1, 0.15) is 42.5 Å². The van der Waals surface area contributed by atoms with Gasteiger partial charge in [-0.1, -0.05) is 42.6 Å². The number of sulfone groups is 1. The van der Waals surface area contributed by atoms with E-state index in [9.17, 15) is 13.2 Å². The Kier molecular flexibility index (Phi) is 6.44. The van der Waals surface area contributed by atoms with Crippen LogP contribution >= 0.6 is 23.4 Å². The topological polar surface area (TPSA) is 82.1 Å². The molecule has 10 heteroatoms. The first kappa shape index (κ1) is 22.5. The zero-order valence-electron chi connectivity index (χ0n) is 18.0. The molecular weight excluding hydrogens is 468 g/mol. The van der Waals surface area contributed by atoms with E-state index in [2.05, 4.69) is 15.2 Å². The molecular formula is C22H29ClN4O3S2. The molecule has 1 aliphatic carbocycles. The highest BCUT2D eigenvalue weighted by atomic mass is 35.5. The average Bonchev–Trinajstić information content (AvgIpc) is 3.28. The van der Waals surface area contributed by atoms with Gasteiger partial charge in [-0.2, -0.15) is 0 Å². The maximum Gasteiger partial charge on any atom is 0.254 e. The monoisotopic (exact) mass is 496 g/mol. The lowest BCUT2D eigenvalue weighted by molar-refractivity contribution is 0.0523. The lowest BCUT2D eigenvalue weighted by atomic mass is 9.94. The van der Waals surface area contributed by atoms with Gasteiger partial charge in [-0.15, -0.1) is 0 Å². The number of fused-ring (bicyclic) bond motifs is 1. The third kappa shape index (κ3) is 4.81. The standard InChI is InChI=1S/C22H29ClN4O3S2/c23-17-7-6-15(12-18(17)24-22-25-19-13-32(29,30)14-20(19)31-22)21(28)27-10-8-26(9-11-27)16-4-2-1-3-5-16/h6-7,12,16,19-20H,1-5,8-11,13-14H2,(H,24,25)/t19-,20-/m0/s1. The second-order valence-electron chi connectivity index (χ2n) is 9.17. The van der Waals surface area contributed by atoms with E-state index >= 15 is 0 Å². The molecule has 2 saturated heterocycles. The van der Waals surface area contributed by atoms with Crippen LogP contribution in [-0.4, -0.2) is 84.3 Å². The van der Waals surface area contributed by atoms with Crippen LogP contribution in [0.2, 0.25) is 5.02 Å². The van der Waals surface area contributed by atoms with Gasteiger partial charge in [-0.3, -0.25) is 14.7 Å². The van der Waals surface area contributed by atoms with E-state index in [1.807, 2.05) is 4.90 Å². The van der Waals surface area contributed by atoms with E-state index in [1.165, 1.54) is 43.9 Å². The number of nitrogens with zero attached hydrogens (tertiary/aromatic N) is 3. The van der Waals surface area contributed by atoms with Crippen molar-refractivity contribution >= 4 is 50.0 Å². The van der Waals surface area contributed by atoms with Gasteiger partial charge in [0.15, 0.2) is 15.0 Å². The molecule has 0 radical (unpaired) electrons. The Balaban J connectivity index is 1.22. The van der Waals surface area contributed by atoms with Crippen LogP contribution in [-0.2, 0) is 9.84 Å². The number of amides is 1. The highest BCUT2D eigenvalue weighted by Gasteiger charge is 2.42. The van der Waals surface area contributed by atoms with Crippen molar-refractivity contribution in [2.45, 2.75) is 49.4 Å². The molecule has 0 unspecified atom stereocenters. The first-order valence-electron chi connectivity index (χ1n) is 11.4. The second kappa shape index (κ2) is 9.16. The largest absolute Gasteiger partial charge is 0.336 e. The van der Waals surface area contributed by atoms with Crippen molar-refractivity contribution in [1.82, 2.24) is 9.80 Å². The minimum absolute atomic E-state index is 0.0250. The number of hydrogen-bond donors (Lipinski definition) is 1. The summed E-state index contributed by atoms with van der Waals surface area (Å²) in [6, 6.07) is 5.78. The highest BCUT2D eigenvalue weighted by molar-refractivity contribution is 8.15. The summed E-state index contributed by atoms with van der Waals surface area (Å²) in [5.74, 6) is 0.294. The third-order valence-electron chi connectivity index (χ3n) is 6.97. The fourth-order valence-electron chi connectivity index (χ4n) is 5.20. The van der Waals surface area contributed by atoms with Gasteiger partial charge in [0.2, 0.25) is 0 Å². The van der Waals surface area contributed by atoms with Crippen molar-refractivity contribution in [2.24, 2.45) is 4.99 Å². The molecule has 0 aromatic heterocycles. The lowest BCUT2D eigenvalue weighted by Crippen LogP contribution is -2.52. The van der Waals surface area contributed by atoms with Gasteiger partial charge in [-0.25, -0.2) is 8.42 Å². The Morgan fingerprint density at radius 2 is 1.84 bits per heavy atom. The van der Waals surface area contributed by atoms with Crippen LogP contribution in [0.3, 0.4) is 0 Å². The van der Waals surface area contributed by atoms with Crippen molar-refractivity contribution in [2.75, 3.05) is 43.0 Å². The number of anilines is 1. The van der Waals surface area contributed by atoms with E-state index < -0.39 is 9.84 Å². The normalized spacial score (nSPS) is 28.4. The average molecular weight is 497 g/mol. The minimum Gasteiger partial charge on any atom is -0.336 e. The van der Waals surface area contributed by atoms with Crippen molar-refractivity contribution in [1.29, 1.82) is 0 Å². The molecule has 5 rings (SSSR count). The zero-order valence-corrected chi connectivity index (χ0v) is 20.4. The number of amidine groups is 1. The quantitative estimate of drug-likeness (QED) is 0.692. The summed E-state index contributed by atoms with van der Waals surface area (Å²) in [7, 11) is -2.99. The van der Waals surface area contributed by atoms with E-state index in [0.717, 1.165) is 26.2 Å². The molecule has 3 aliphatic heterocycles. The maximum atomic E-state index is 13.1. The number of thioether (sulfide) groups is 1. The van der Waals surface area contributed by atoms with Crippen LogP contribution in [0.25, 0.3) is 0 Å². The lowest BCUT2D eigenvalue weighted by Gasteiger charge is -2.40. The summed E-state index contributed by atoms with van der Waals surface area (Å²) in [6.07, 6.45) is 6.58. The molecule has 1 saturated carbocycles. The number of rotatable bonds is 3.